The fourth-order valence-corrected chi connectivity index (χ4v) is 0.502. The van der Waals surface area contributed by atoms with Crippen LogP contribution in [-0.2, 0) is 0 Å². The molecule has 0 saturated heterocycles. The van der Waals surface area contributed by atoms with Gasteiger partial charge in [-0.15, -0.1) is 0 Å². The van der Waals surface area contributed by atoms with Gasteiger partial charge in [0.25, 0.3) is 0 Å². The number of rotatable bonds is 0. The molecule has 0 spiro atoms. The van der Waals surface area contributed by atoms with Crippen LogP contribution < -0.4 is 10.6 Å². The molecule has 1 aliphatic heterocycles. The van der Waals surface area contributed by atoms with Crippen molar-refractivity contribution in [2.75, 3.05) is 6.54 Å². The second-order valence-electron chi connectivity index (χ2n) is 1.61. The van der Waals surface area contributed by atoms with Crippen molar-refractivity contribution in [3.63, 3.8) is 0 Å². The first kappa shape index (κ1) is 5.63. The largest absolute Gasteiger partial charge is 0.333 e. The summed E-state index contributed by atoms with van der Waals surface area (Å²) in [5.41, 5.74) is 0.537. The van der Waals surface area contributed by atoms with Gasteiger partial charge in [0, 0.05) is 6.20 Å². The lowest BCUT2D eigenvalue weighted by Gasteiger charge is -2.08. The van der Waals surface area contributed by atoms with Crippen LogP contribution in [0.15, 0.2) is 11.8 Å². The lowest BCUT2D eigenvalue weighted by atomic mass is 10.3. The lowest BCUT2D eigenvalue weighted by molar-refractivity contribution is 0.244. The minimum absolute atomic E-state index is 0.256. The van der Waals surface area contributed by atoms with Crippen LogP contribution in [0.2, 0.25) is 0 Å². The van der Waals surface area contributed by atoms with Crippen LogP contribution in [0.25, 0.3) is 0 Å². The second-order valence-corrected chi connectivity index (χ2v) is 1.61. The Morgan fingerprint density at radius 1 is 1.78 bits per heavy atom. The number of nitrogens with one attached hydrogen (secondary N) is 2. The van der Waals surface area contributed by atoms with Crippen molar-refractivity contribution in [2.24, 2.45) is 0 Å². The lowest BCUT2D eigenvalue weighted by Crippen LogP contribution is -2.37. The number of nitriles is 1. The van der Waals surface area contributed by atoms with Gasteiger partial charge in [0.1, 0.15) is 0 Å². The van der Waals surface area contributed by atoms with Gasteiger partial charge in [-0.2, -0.15) is 5.26 Å². The van der Waals surface area contributed by atoms with E-state index in [1.807, 2.05) is 6.07 Å². The first-order valence-corrected chi connectivity index (χ1v) is 2.46. The molecule has 0 unspecified atom stereocenters. The van der Waals surface area contributed by atoms with E-state index in [1.165, 1.54) is 6.20 Å². The van der Waals surface area contributed by atoms with E-state index in [0.29, 0.717) is 12.1 Å². The molecule has 4 heteroatoms. The molecule has 9 heavy (non-hydrogen) atoms. The Balaban J connectivity index is 2.63. The normalized spacial score (nSPS) is 16.8. The molecule has 0 aliphatic carbocycles. The number of carbonyl (C=O) groups is 1. The number of hydrogen-bond acceptors (Lipinski definition) is 2. The average molecular weight is 123 g/mol. The van der Waals surface area contributed by atoms with Gasteiger partial charge in [-0.25, -0.2) is 4.79 Å². The molecule has 0 aromatic rings. The highest BCUT2D eigenvalue weighted by atomic mass is 16.2. The number of amides is 2. The summed E-state index contributed by atoms with van der Waals surface area (Å²) in [6.45, 7) is 0.336. The summed E-state index contributed by atoms with van der Waals surface area (Å²) in [7, 11) is 0. The van der Waals surface area contributed by atoms with Crippen molar-refractivity contribution in [3.8, 4) is 6.07 Å². The molecule has 2 N–H and O–H groups in total. The average Bonchev–Trinajstić information content (AvgIpc) is 1.90. The first-order valence-electron chi connectivity index (χ1n) is 2.46. The summed E-state index contributed by atoms with van der Waals surface area (Å²) in [6, 6.07) is 1.65. The summed E-state index contributed by atoms with van der Waals surface area (Å²) < 4.78 is 0. The predicted molar refractivity (Wildman–Crippen MR) is 30.2 cm³/mol. The van der Waals surface area contributed by atoms with Crippen molar-refractivity contribution >= 4 is 6.03 Å². The minimum Gasteiger partial charge on any atom is -0.333 e. The van der Waals surface area contributed by atoms with Crippen LogP contribution in [0.5, 0.6) is 0 Å². The fraction of sp³-hybridized carbons (Fsp3) is 0.200. The molecule has 0 aromatic carbocycles. The molecule has 1 heterocycles. The van der Waals surface area contributed by atoms with Gasteiger partial charge >= 0.3 is 6.03 Å². The molecule has 46 valence electrons. The third-order valence-corrected chi connectivity index (χ3v) is 0.960. The van der Waals surface area contributed by atoms with Crippen molar-refractivity contribution in [2.45, 2.75) is 0 Å². The molecule has 1 aliphatic rings. The summed E-state index contributed by atoms with van der Waals surface area (Å²) in [4.78, 5) is 10.3. The molecule has 2 amide bonds. The summed E-state index contributed by atoms with van der Waals surface area (Å²) in [6.07, 6.45) is 1.40. The van der Waals surface area contributed by atoms with Gasteiger partial charge in [0.15, 0.2) is 0 Å². The third-order valence-electron chi connectivity index (χ3n) is 0.960. The highest BCUT2D eigenvalue weighted by Crippen LogP contribution is 1.90. The predicted octanol–water partition coefficient (Wildman–Crippen LogP) is -0.293. The molecular formula is C5H5N3O. The second kappa shape index (κ2) is 2.18. The Hall–Kier alpha value is -1.50. The van der Waals surface area contributed by atoms with E-state index < -0.39 is 0 Å². The molecule has 0 bridgehead atoms. The molecule has 0 fully saturated rings. The van der Waals surface area contributed by atoms with Gasteiger partial charge in [-0.1, -0.05) is 0 Å². The van der Waals surface area contributed by atoms with Crippen molar-refractivity contribution in [3.05, 3.63) is 11.8 Å². The third kappa shape index (κ3) is 1.19. The number of hydrogen-bond donors (Lipinski definition) is 2. The van der Waals surface area contributed by atoms with Crippen molar-refractivity contribution in [1.82, 2.24) is 10.6 Å². The van der Waals surface area contributed by atoms with E-state index in [4.69, 9.17) is 5.26 Å². The van der Waals surface area contributed by atoms with E-state index in [2.05, 4.69) is 10.6 Å². The standard InChI is InChI=1S/C5H5N3O/c6-1-4-2-7-5(9)8-3-4/h2H,3H2,(H2,7,8,9). The van der Waals surface area contributed by atoms with E-state index in [1.54, 1.807) is 0 Å². The van der Waals surface area contributed by atoms with Crippen LogP contribution in [0, 0.1) is 11.3 Å². The van der Waals surface area contributed by atoms with Crippen molar-refractivity contribution < 1.29 is 4.79 Å². The van der Waals surface area contributed by atoms with Crippen LogP contribution in [-0.4, -0.2) is 12.6 Å². The van der Waals surface area contributed by atoms with Crippen LogP contribution in [0.3, 0.4) is 0 Å². The molecule has 0 saturated carbocycles. The van der Waals surface area contributed by atoms with Gasteiger partial charge in [0.05, 0.1) is 18.2 Å². The smallest absolute Gasteiger partial charge is 0.319 e. The zero-order valence-electron chi connectivity index (χ0n) is 4.64. The Labute approximate surface area is 52.2 Å². The fourth-order valence-electron chi connectivity index (χ4n) is 0.502. The van der Waals surface area contributed by atoms with Gasteiger partial charge < -0.3 is 10.6 Å². The van der Waals surface area contributed by atoms with E-state index in [-0.39, 0.29) is 6.03 Å². The minimum atomic E-state index is -0.256. The van der Waals surface area contributed by atoms with Crippen molar-refractivity contribution in [1.29, 1.82) is 5.26 Å². The maximum absolute atomic E-state index is 10.3. The van der Waals surface area contributed by atoms with Gasteiger partial charge in [-0.3, -0.25) is 0 Å². The quantitative estimate of drug-likeness (QED) is 0.464. The molecule has 4 nitrogen and oxygen atoms in total. The summed E-state index contributed by atoms with van der Waals surface area (Å²) >= 11 is 0. The van der Waals surface area contributed by atoms with Crippen LogP contribution in [0.1, 0.15) is 0 Å². The maximum Gasteiger partial charge on any atom is 0.319 e. The van der Waals surface area contributed by atoms with E-state index in [0.717, 1.165) is 0 Å². The maximum atomic E-state index is 10.3. The Bertz CT molecular complexity index is 201. The zero-order chi connectivity index (χ0) is 6.69. The molecular weight excluding hydrogens is 118 g/mol. The van der Waals surface area contributed by atoms with Gasteiger partial charge in [-0.05, 0) is 0 Å². The Kier molecular flexibility index (Phi) is 1.36. The molecule has 1 rings (SSSR count). The zero-order valence-corrected chi connectivity index (χ0v) is 4.64. The SMILES string of the molecule is N#CC1=CNC(=O)NC1. The molecule has 0 radical (unpaired) electrons. The first-order chi connectivity index (χ1) is 4.33. The Morgan fingerprint density at radius 3 is 3.00 bits per heavy atom. The highest BCUT2D eigenvalue weighted by Gasteiger charge is 2.05. The number of nitrogens with zero attached hydrogens (tertiary/aromatic N) is 1. The number of urea groups is 1. The molecule has 0 atom stereocenters. The van der Waals surface area contributed by atoms with E-state index in [9.17, 15) is 4.79 Å². The summed E-state index contributed by atoms with van der Waals surface area (Å²) in [5.74, 6) is 0. The van der Waals surface area contributed by atoms with E-state index >= 15 is 0 Å². The topological polar surface area (TPSA) is 64.9 Å². The molecule has 0 aromatic heterocycles. The van der Waals surface area contributed by atoms with Crippen LogP contribution in [0.4, 0.5) is 4.79 Å². The number of carbonyl (C=O) groups excluding carboxylic acids is 1. The monoisotopic (exact) mass is 123 g/mol. The highest BCUT2D eigenvalue weighted by molar-refractivity contribution is 5.77. The Morgan fingerprint density at radius 2 is 2.56 bits per heavy atom. The van der Waals surface area contributed by atoms with Crippen LogP contribution >= 0.6 is 0 Å². The summed E-state index contributed by atoms with van der Waals surface area (Å²) in [5, 5.41) is 13.1. The van der Waals surface area contributed by atoms with Gasteiger partial charge in [0.2, 0.25) is 0 Å².